The molecular formula is C19H19FO4. The van der Waals surface area contributed by atoms with Crippen molar-refractivity contribution in [2.75, 3.05) is 14.2 Å². The Morgan fingerprint density at radius 2 is 1.58 bits per heavy atom. The summed E-state index contributed by atoms with van der Waals surface area (Å²) in [5.74, 6) is -0.506. The summed E-state index contributed by atoms with van der Waals surface area (Å²) < 4.78 is 23.9. The van der Waals surface area contributed by atoms with Crippen LogP contribution in [0.3, 0.4) is 0 Å². The Morgan fingerprint density at radius 3 is 2.12 bits per heavy atom. The zero-order chi connectivity index (χ0) is 17.5. The van der Waals surface area contributed by atoms with E-state index < -0.39 is 11.7 Å². The van der Waals surface area contributed by atoms with E-state index in [-0.39, 0.29) is 30.0 Å². The van der Waals surface area contributed by atoms with Crippen LogP contribution in [-0.4, -0.2) is 25.8 Å². The first-order chi connectivity index (χ1) is 11.6. The molecule has 5 heteroatoms. The van der Waals surface area contributed by atoms with Gasteiger partial charge in [-0.3, -0.25) is 9.59 Å². The number of halogens is 1. The van der Waals surface area contributed by atoms with Crippen LogP contribution < -0.4 is 0 Å². The molecule has 0 saturated heterocycles. The zero-order valence-corrected chi connectivity index (χ0v) is 13.6. The second-order valence-corrected chi connectivity index (χ2v) is 5.25. The van der Waals surface area contributed by atoms with Crippen LogP contribution in [0.25, 0.3) is 0 Å². The van der Waals surface area contributed by atoms with Crippen LogP contribution in [0.4, 0.5) is 4.39 Å². The van der Waals surface area contributed by atoms with Crippen molar-refractivity contribution in [1.29, 1.82) is 0 Å². The number of methoxy groups -OCH3 is 2. The first-order valence-electron chi connectivity index (χ1n) is 7.56. The van der Waals surface area contributed by atoms with Crippen LogP contribution in [-0.2, 0) is 14.3 Å². The first kappa shape index (κ1) is 17.7. The highest BCUT2D eigenvalue weighted by molar-refractivity contribution is 5.99. The van der Waals surface area contributed by atoms with Gasteiger partial charge >= 0.3 is 0 Å². The minimum Gasteiger partial charge on any atom is -0.493 e. The molecule has 126 valence electrons. The first-order valence-corrected chi connectivity index (χ1v) is 7.56. The molecule has 1 aromatic carbocycles. The summed E-state index contributed by atoms with van der Waals surface area (Å²) in [6.07, 6.45) is 6.73. The molecule has 0 bridgehead atoms. The second-order valence-electron chi connectivity index (χ2n) is 5.25. The predicted molar refractivity (Wildman–Crippen MR) is 87.8 cm³/mol. The maximum atomic E-state index is 13.6. The normalized spacial score (nSPS) is 14.5. The van der Waals surface area contributed by atoms with Gasteiger partial charge in [0, 0.05) is 12.8 Å². The molecule has 0 N–H and O–H groups in total. The molecule has 24 heavy (non-hydrogen) atoms. The van der Waals surface area contributed by atoms with Crippen LogP contribution >= 0.6 is 0 Å². The molecular weight excluding hydrogens is 311 g/mol. The molecule has 0 radical (unpaired) electrons. The van der Waals surface area contributed by atoms with E-state index in [2.05, 4.69) is 0 Å². The number of carbonyl (C=O) groups excluding carboxylic acids is 2. The summed E-state index contributed by atoms with van der Waals surface area (Å²) in [6, 6.07) is 5.77. The van der Waals surface area contributed by atoms with Crippen molar-refractivity contribution in [3.05, 3.63) is 71.5 Å². The van der Waals surface area contributed by atoms with Crippen LogP contribution in [0.1, 0.15) is 23.2 Å². The Kier molecular flexibility index (Phi) is 6.07. The maximum absolute atomic E-state index is 13.6. The summed E-state index contributed by atoms with van der Waals surface area (Å²) >= 11 is 0. The third-order valence-corrected chi connectivity index (χ3v) is 3.74. The van der Waals surface area contributed by atoms with Gasteiger partial charge < -0.3 is 9.47 Å². The molecule has 0 fully saturated rings. The summed E-state index contributed by atoms with van der Waals surface area (Å²) in [4.78, 5) is 24.4. The standard InChI is InChI=1S/C19H19FO4/c1-23-18-11-7-13(8-12-19(18)24-2)16(21)9-10-17(22)14-5-3-4-6-15(14)20/h3-8,11-13H,9-10H2,1-2H3. The smallest absolute Gasteiger partial charge is 0.166 e. The fraction of sp³-hybridized carbons (Fsp3) is 0.263. The average molecular weight is 330 g/mol. The lowest BCUT2D eigenvalue weighted by Crippen LogP contribution is -2.12. The van der Waals surface area contributed by atoms with E-state index in [1.165, 1.54) is 32.4 Å². The second kappa shape index (κ2) is 8.24. The van der Waals surface area contributed by atoms with Gasteiger partial charge in [-0.25, -0.2) is 4.39 Å². The summed E-state index contributed by atoms with van der Waals surface area (Å²) in [5, 5.41) is 0. The van der Waals surface area contributed by atoms with Gasteiger partial charge in [0.2, 0.25) is 0 Å². The number of ether oxygens (including phenoxy) is 2. The van der Waals surface area contributed by atoms with E-state index in [0.29, 0.717) is 11.5 Å². The van der Waals surface area contributed by atoms with Crippen LogP contribution in [0.2, 0.25) is 0 Å². The number of allylic oxidation sites excluding steroid dienone is 4. The van der Waals surface area contributed by atoms with Gasteiger partial charge in [0.15, 0.2) is 17.3 Å². The van der Waals surface area contributed by atoms with Crippen molar-refractivity contribution in [2.24, 2.45) is 5.92 Å². The Bertz CT molecular complexity index is 692. The molecule has 4 nitrogen and oxygen atoms in total. The number of hydrogen-bond acceptors (Lipinski definition) is 4. The quantitative estimate of drug-likeness (QED) is 0.717. The molecule has 1 aliphatic carbocycles. The van der Waals surface area contributed by atoms with Gasteiger partial charge in [-0.1, -0.05) is 24.3 Å². The molecule has 0 heterocycles. The minimum absolute atomic E-state index is 0.0160. The molecule has 0 amide bonds. The van der Waals surface area contributed by atoms with E-state index in [1.54, 1.807) is 30.4 Å². The molecule has 0 spiro atoms. The maximum Gasteiger partial charge on any atom is 0.166 e. The van der Waals surface area contributed by atoms with Gasteiger partial charge in [-0.05, 0) is 24.3 Å². The van der Waals surface area contributed by atoms with Gasteiger partial charge in [0.25, 0.3) is 0 Å². The summed E-state index contributed by atoms with van der Waals surface area (Å²) in [5.41, 5.74) is 0.0160. The number of rotatable bonds is 7. The number of ketones is 2. The largest absolute Gasteiger partial charge is 0.493 e. The van der Waals surface area contributed by atoms with Crippen molar-refractivity contribution in [3.63, 3.8) is 0 Å². The number of hydrogen-bond donors (Lipinski definition) is 0. The van der Waals surface area contributed by atoms with Crippen LogP contribution in [0.5, 0.6) is 0 Å². The zero-order valence-electron chi connectivity index (χ0n) is 13.6. The highest BCUT2D eigenvalue weighted by Crippen LogP contribution is 2.20. The molecule has 0 saturated carbocycles. The van der Waals surface area contributed by atoms with E-state index in [1.807, 2.05) is 0 Å². The lowest BCUT2D eigenvalue weighted by molar-refractivity contribution is -0.120. The topological polar surface area (TPSA) is 52.6 Å². The summed E-state index contributed by atoms with van der Waals surface area (Å²) in [7, 11) is 3.03. The third kappa shape index (κ3) is 4.19. The van der Waals surface area contributed by atoms with Crippen molar-refractivity contribution < 1.29 is 23.5 Å². The van der Waals surface area contributed by atoms with Gasteiger partial charge in [0.1, 0.15) is 11.6 Å². The number of carbonyl (C=O) groups is 2. The summed E-state index contributed by atoms with van der Waals surface area (Å²) in [6.45, 7) is 0. The Labute approximate surface area is 140 Å². The van der Waals surface area contributed by atoms with Gasteiger partial charge in [0.05, 0.1) is 25.7 Å². The van der Waals surface area contributed by atoms with Crippen molar-refractivity contribution >= 4 is 11.6 Å². The molecule has 0 aromatic heterocycles. The van der Waals surface area contributed by atoms with Crippen LogP contribution in [0, 0.1) is 11.7 Å². The molecule has 2 rings (SSSR count). The minimum atomic E-state index is -0.567. The monoisotopic (exact) mass is 330 g/mol. The predicted octanol–water partition coefficient (Wildman–Crippen LogP) is 3.60. The third-order valence-electron chi connectivity index (χ3n) is 3.74. The molecule has 0 unspecified atom stereocenters. The fourth-order valence-corrected chi connectivity index (χ4v) is 2.39. The molecule has 0 atom stereocenters. The van der Waals surface area contributed by atoms with Crippen molar-refractivity contribution in [1.82, 2.24) is 0 Å². The molecule has 1 aromatic rings. The highest BCUT2D eigenvalue weighted by Gasteiger charge is 2.19. The molecule has 0 aliphatic heterocycles. The molecule has 1 aliphatic rings. The Morgan fingerprint density at radius 1 is 1.00 bits per heavy atom. The van der Waals surface area contributed by atoms with Gasteiger partial charge in [-0.2, -0.15) is 0 Å². The van der Waals surface area contributed by atoms with E-state index in [0.717, 1.165) is 0 Å². The fourth-order valence-electron chi connectivity index (χ4n) is 2.39. The number of benzene rings is 1. The highest BCUT2D eigenvalue weighted by atomic mass is 19.1. The average Bonchev–Trinajstić information content (AvgIpc) is 2.81. The lowest BCUT2D eigenvalue weighted by atomic mass is 9.97. The lowest BCUT2D eigenvalue weighted by Gasteiger charge is -2.06. The van der Waals surface area contributed by atoms with Crippen LogP contribution in [0.15, 0.2) is 60.1 Å². The van der Waals surface area contributed by atoms with Crippen molar-refractivity contribution in [3.8, 4) is 0 Å². The van der Waals surface area contributed by atoms with Gasteiger partial charge in [-0.15, -0.1) is 0 Å². The van der Waals surface area contributed by atoms with E-state index >= 15 is 0 Å². The SMILES string of the molecule is COC1=C(OC)C=CC(C(=O)CCC(=O)c2ccccc2F)C=C1. The van der Waals surface area contributed by atoms with E-state index in [4.69, 9.17) is 9.47 Å². The Hall–Kier alpha value is -2.69. The van der Waals surface area contributed by atoms with E-state index in [9.17, 15) is 14.0 Å². The Balaban J connectivity index is 1.99. The number of Topliss-reactive ketones (excluding diaryl/α,β-unsaturated/α-hetero) is 2. The van der Waals surface area contributed by atoms with Crippen molar-refractivity contribution in [2.45, 2.75) is 12.8 Å².